The van der Waals surface area contributed by atoms with E-state index in [1.165, 1.54) is 116 Å². The number of para-hydroxylation sites is 3. The number of aromatic nitrogens is 2. The zero-order valence-corrected chi connectivity index (χ0v) is 34.3. The van der Waals surface area contributed by atoms with Gasteiger partial charge in [-0.3, -0.25) is 0 Å². The first kappa shape index (κ1) is 34.5. The predicted molar refractivity (Wildman–Crippen MR) is 262 cm³/mol. The fourth-order valence-corrected chi connectivity index (χ4v) is 11.6. The van der Waals surface area contributed by atoms with Crippen molar-refractivity contribution in [3.05, 3.63) is 253 Å². The summed E-state index contributed by atoms with van der Waals surface area (Å²) < 4.78 is 4.92. The van der Waals surface area contributed by atoms with Crippen molar-refractivity contribution >= 4 is 43.6 Å². The number of fused-ring (bicyclic) bond motifs is 17. The molecule has 0 amide bonds. The highest BCUT2D eigenvalue weighted by Gasteiger charge is 2.53. The molecule has 2 aliphatic carbocycles. The van der Waals surface area contributed by atoms with Crippen LogP contribution in [0.15, 0.2) is 231 Å². The molecule has 2 heterocycles. The van der Waals surface area contributed by atoms with Crippen molar-refractivity contribution in [2.75, 3.05) is 0 Å². The van der Waals surface area contributed by atoms with Gasteiger partial charge in [-0.1, -0.05) is 170 Å². The smallest absolute Gasteiger partial charge is 0.0746 e. The van der Waals surface area contributed by atoms with Crippen molar-refractivity contribution in [2.24, 2.45) is 0 Å². The van der Waals surface area contributed by atoms with Gasteiger partial charge in [-0.25, -0.2) is 0 Å². The van der Waals surface area contributed by atoms with Gasteiger partial charge in [0.05, 0.1) is 27.5 Å². The van der Waals surface area contributed by atoms with Crippen LogP contribution in [0, 0.1) is 0 Å². The van der Waals surface area contributed by atoms with Crippen molar-refractivity contribution in [3.8, 4) is 55.9 Å². The first-order valence-electron chi connectivity index (χ1n) is 21.9. The summed E-state index contributed by atoms with van der Waals surface area (Å²) in [6, 6.07) is 85.7. The molecule has 10 aromatic carbocycles. The Balaban J connectivity index is 0.991. The molecule has 0 radical (unpaired) electrons. The van der Waals surface area contributed by atoms with E-state index in [0.29, 0.717) is 0 Å². The molecule has 0 aliphatic heterocycles. The van der Waals surface area contributed by atoms with E-state index in [1.54, 1.807) is 0 Å². The molecule has 63 heavy (non-hydrogen) atoms. The lowest BCUT2D eigenvalue weighted by Gasteiger charge is -2.31. The van der Waals surface area contributed by atoms with Crippen molar-refractivity contribution in [1.29, 1.82) is 0 Å². The van der Waals surface area contributed by atoms with Crippen LogP contribution in [0.1, 0.15) is 22.3 Å². The highest BCUT2D eigenvalue weighted by atomic mass is 15.0. The molecule has 14 rings (SSSR count). The molecule has 2 aliphatic rings. The normalized spacial score (nSPS) is 13.2. The maximum Gasteiger partial charge on any atom is 0.0746 e. The molecule has 0 unspecified atom stereocenters. The summed E-state index contributed by atoms with van der Waals surface area (Å²) in [7, 11) is 0. The average molecular weight is 799 g/mol. The zero-order chi connectivity index (χ0) is 41.2. The Kier molecular flexibility index (Phi) is 7.07. The SMILES string of the molecule is c1ccc(-n2c3ccccc3c3cc(-c4cccc(-c5ccc6c(c5)c5ccc7c(c5n6-c5ccccc5)C5(c6ccccc6-c6ccccc65)c5ccccc5-7)c4)ccc32)cc1. The molecule has 0 bridgehead atoms. The molecule has 12 aromatic rings. The number of hydrogen-bond donors (Lipinski definition) is 0. The highest BCUT2D eigenvalue weighted by Crippen LogP contribution is 2.64. The molecule has 1 spiro atoms. The van der Waals surface area contributed by atoms with E-state index in [2.05, 4.69) is 240 Å². The maximum atomic E-state index is 2.54. The fraction of sp³-hybridized carbons (Fsp3) is 0.0164. The van der Waals surface area contributed by atoms with Crippen LogP contribution in [-0.4, -0.2) is 9.13 Å². The Labute approximate surface area is 365 Å². The second-order valence-corrected chi connectivity index (χ2v) is 17.2. The summed E-state index contributed by atoms with van der Waals surface area (Å²) in [4.78, 5) is 0. The first-order valence-corrected chi connectivity index (χ1v) is 21.9. The summed E-state index contributed by atoms with van der Waals surface area (Å²) in [5.74, 6) is 0. The van der Waals surface area contributed by atoms with E-state index in [9.17, 15) is 0 Å². The Bertz CT molecular complexity index is 3780. The topological polar surface area (TPSA) is 9.86 Å². The Morgan fingerprint density at radius 1 is 0.270 bits per heavy atom. The van der Waals surface area contributed by atoms with Gasteiger partial charge in [-0.05, 0) is 122 Å². The van der Waals surface area contributed by atoms with Crippen LogP contribution in [0.2, 0.25) is 0 Å². The van der Waals surface area contributed by atoms with Gasteiger partial charge in [0.15, 0.2) is 0 Å². The van der Waals surface area contributed by atoms with Crippen molar-refractivity contribution in [3.63, 3.8) is 0 Å². The number of rotatable bonds is 4. The third-order valence-electron chi connectivity index (χ3n) is 14.1. The number of nitrogens with zero attached hydrogens (tertiary/aromatic N) is 2. The van der Waals surface area contributed by atoms with Gasteiger partial charge in [0.2, 0.25) is 0 Å². The summed E-state index contributed by atoms with van der Waals surface area (Å²) >= 11 is 0. The number of hydrogen-bond acceptors (Lipinski definition) is 0. The van der Waals surface area contributed by atoms with Crippen molar-refractivity contribution in [2.45, 2.75) is 5.41 Å². The molecule has 0 atom stereocenters. The summed E-state index contributed by atoms with van der Waals surface area (Å²) in [6.07, 6.45) is 0. The van der Waals surface area contributed by atoms with Gasteiger partial charge in [0.1, 0.15) is 0 Å². The first-order chi connectivity index (χ1) is 31.3. The van der Waals surface area contributed by atoms with E-state index >= 15 is 0 Å². The van der Waals surface area contributed by atoms with Crippen molar-refractivity contribution in [1.82, 2.24) is 9.13 Å². The van der Waals surface area contributed by atoms with Crippen LogP contribution < -0.4 is 0 Å². The summed E-state index contributed by atoms with van der Waals surface area (Å²) in [5.41, 5.74) is 22.3. The standard InChI is InChI=1S/C61H38N2/c1-3-18-43(19-4-1)62-56-29-14-10-25-48(56)51-37-41(30-34-57(51)62)39-16-15-17-40(36-39)42-31-35-58-52(38-42)50-33-32-49-47-24-9-13-28-55(47)61(59(49)60(50)63(58)44-20-5-2-6-21-44)53-26-11-7-22-45(53)46-23-8-12-27-54(46)61/h1-38H. The van der Waals surface area contributed by atoms with E-state index in [1.807, 2.05) is 0 Å². The van der Waals surface area contributed by atoms with E-state index in [4.69, 9.17) is 0 Å². The van der Waals surface area contributed by atoms with Gasteiger partial charge >= 0.3 is 0 Å². The van der Waals surface area contributed by atoms with Crippen LogP contribution in [0.4, 0.5) is 0 Å². The number of benzene rings is 10. The maximum absolute atomic E-state index is 2.54. The lowest BCUT2D eigenvalue weighted by Crippen LogP contribution is -2.26. The van der Waals surface area contributed by atoms with Gasteiger partial charge in [-0.15, -0.1) is 0 Å². The van der Waals surface area contributed by atoms with Crippen LogP contribution in [0.3, 0.4) is 0 Å². The largest absolute Gasteiger partial charge is 0.309 e. The van der Waals surface area contributed by atoms with E-state index in [-0.39, 0.29) is 0 Å². The quantitative estimate of drug-likeness (QED) is 0.168. The minimum absolute atomic E-state index is 0.467. The fourth-order valence-electron chi connectivity index (χ4n) is 11.6. The van der Waals surface area contributed by atoms with E-state index < -0.39 is 5.41 Å². The van der Waals surface area contributed by atoms with Gasteiger partial charge in [-0.2, -0.15) is 0 Å². The van der Waals surface area contributed by atoms with Crippen molar-refractivity contribution < 1.29 is 0 Å². The second-order valence-electron chi connectivity index (χ2n) is 17.2. The second kappa shape index (κ2) is 12.9. The molecule has 0 saturated carbocycles. The monoisotopic (exact) mass is 798 g/mol. The Hall–Kier alpha value is -8.20. The lowest BCUT2D eigenvalue weighted by atomic mass is 9.70. The minimum atomic E-state index is -0.467. The van der Waals surface area contributed by atoms with Gasteiger partial charge in [0, 0.05) is 38.5 Å². The summed E-state index contributed by atoms with van der Waals surface area (Å²) in [5, 5.41) is 5.03. The van der Waals surface area contributed by atoms with Crippen LogP contribution in [0.5, 0.6) is 0 Å². The van der Waals surface area contributed by atoms with Crippen LogP contribution >= 0.6 is 0 Å². The zero-order valence-electron chi connectivity index (χ0n) is 34.3. The average Bonchev–Trinajstić information content (AvgIpc) is 4.06. The third-order valence-corrected chi connectivity index (χ3v) is 14.1. The molecule has 2 nitrogen and oxygen atoms in total. The molecular weight excluding hydrogens is 761 g/mol. The van der Waals surface area contributed by atoms with E-state index in [0.717, 1.165) is 5.69 Å². The Morgan fingerprint density at radius 3 is 1.35 bits per heavy atom. The molecule has 2 heteroatoms. The van der Waals surface area contributed by atoms with Gasteiger partial charge < -0.3 is 9.13 Å². The lowest BCUT2D eigenvalue weighted by molar-refractivity contribution is 0.797. The molecule has 292 valence electrons. The predicted octanol–water partition coefficient (Wildman–Crippen LogP) is 15.6. The molecule has 2 aromatic heterocycles. The minimum Gasteiger partial charge on any atom is -0.309 e. The van der Waals surface area contributed by atoms with Crippen LogP contribution in [-0.2, 0) is 5.41 Å². The molecular formula is C61H38N2. The Morgan fingerprint density at radius 2 is 0.730 bits per heavy atom. The van der Waals surface area contributed by atoms with Gasteiger partial charge in [0.25, 0.3) is 0 Å². The third kappa shape index (κ3) is 4.62. The van der Waals surface area contributed by atoms with Crippen LogP contribution in [0.25, 0.3) is 99.5 Å². The molecule has 0 N–H and O–H groups in total. The molecule has 0 fully saturated rings. The highest BCUT2D eigenvalue weighted by molar-refractivity contribution is 6.16. The molecule has 0 saturated heterocycles. The summed E-state index contributed by atoms with van der Waals surface area (Å²) in [6.45, 7) is 0.